The number of benzene rings is 1. The Kier molecular flexibility index (Phi) is 2.48. The molecule has 5 aliphatic rings. The zero-order valence-electron chi connectivity index (χ0n) is 12.7. The van der Waals surface area contributed by atoms with Crippen LogP contribution >= 0.6 is 0 Å². The van der Waals surface area contributed by atoms with Crippen LogP contribution in [0.1, 0.15) is 49.7 Å². The van der Waals surface area contributed by atoms with Gasteiger partial charge in [-0.05, 0) is 66.9 Å². The van der Waals surface area contributed by atoms with Crippen molar-refractivity contribution in [2.24, 2.45) is 17.3 Å². The smallest absolute Gasteiger partial charge is 0.0658 e. The Labute approximate surface area is 127 Å². The molecule has 0 saturated heterocycles. The van der Waals surface area contributed by atoms with Gasteiger partial charge in [-0.25, -0.2) is 0 Å². The number of fused-ring (bicyclic) bond motifs is 1. The first-order chi connectivity index (χ1) is 10.1. The van der Waals surface area contributed by atoms with E-state index >= 15 is 0 Å². The molecule has 1 aliphatic heterocycles. The summed E-state index contributed by atoms with van der Waals surface area (Å²) in [5, 5.41) is 10.9. The summed E-state index contributed by atoms with van der Waals surface area (Å²) in [6.07, 6.45) is 7.39. The maximum absolute atomic E-state index is 10.9. The summed E-state index contributed by atoms with van der Waals surface area (Å²) < 4.78 is 0. The van der Waals surface area contributed by atoms with Gasteiger partial charge in [0.1, 0.15) is 0 Å². The van der Waals surface area contributed by atoms with Gasteiger partial charge >= 0.3 is 0 Å². The first-order valence-corrected chi connectivity index (χ1v) is 8.63. The van der Waals surface area contributed by atoms with Crippen molar-refractivity contribution >= 4 is 0 Å². The van der Waals surface area contributed by atoms with Crippen LogP contribution in [-0.2, 0) is 13.1 Å². The van der Waals surface area contributed by atoms with Crippen molar-refractivity contribution in [3.05, 3.63) is 35.4 Å². The van der Waals surface area contributed by atoms with Crippen molar-refractivity contribution in [2.75, 3.05) is 6.54 Å². The fourth-order valence-electron chi connectivity index (χ4n) is 6.58. The molecule has 4 aliphatic carbocycles. The Hall–Kier alpha value is -0.860. The van der Waals surface area contributed by atoms with E-state index in [0.717, 1.165) is 44.2 Å². The Balaban J connectivity index is 1.38. The number of rotatable bonds is 2. The van der Waals surface area contributed by atoms with Crippen molar-refractivity contribution in [2.45, 2.75) is 57.2 Å². The molecule has 1 heterocycles. The van der Waals surface area contributed by atoms with Gasteiger partial charge in [0.05, 0.1) is 5.60 Å². The molecule has 4 fully saturated rings. The van der Waals surface area contributed by atoms with Gasteiger partial charge in [0.15, 0.2) is 0 Å². The molecule has 2 unspecified atom stereocenters. The van der Waals surface area contributed by atoms with Crippen molar-refractivity contribution in [1.29, 1.82) is 0 Å². The zero-order valence-corrected chi connectivity index (χ0v) is 12.7. The lowest BCUT2D eigenvalue weighted by Crippen LogP contribution is -2.58. The predicted octanol–water partition coefficient (Wildman–Crippen LogP) is 3.33. The maximum Gasteiger partial charge on any atom is 0.0658 e. The first-order valence-electron chi connectivity index (χ1n) is 8.63. The van der Waals surface area contributed by atoms with E-state index in [2.05, 4.69) is 29.2 Å². The van der Waals surface area contributed by atoms with E-state index in [9.17, 15) is 5.11 Å². The Morgan fingerprint density at radius 3 is 2.19 bits per heavy atom. The minimum absolute atomic E-state index is 0.309. The average molecular weight is 283 g/mol. The molecule has 0 aromatic heterocycles. The van der Waals surface area contributed by atoms with Crippen LogP contribution in [0.15, 0.2) is 24.3 Å². The molecule has 0 radical (unpaired) electrons. The summed E-state index contributed by atoms with van der Waals surface area (Å²) in [7, 11) is 0. The van der Waals surface area contributed by atoms with E-state index in [1.807, 2.05) is 0 Å². The molecule has 21 heavy (non-hydrogen) atoms. The summed E-state index contributed by atoms with van der Waals surface area (Å²) in [4.78, 5) is 2.64. The topological polar surface area (TPSA) is 23.5 Å². The SMILES string of the molecule is OC12CC3CC(C1)CC(CN1Cc4ccccc4C1)(C3)C2. The molecular weight excluding hydrogens is 258 g/mol. The third-order valence-corrected chi connectivity index (χ3v) is 6.62. The predicted molar refractivity (Wildman–Crippen MR) is 82.6 cm³/mol. The third kappa shape index (κ3) is 1.99. The van der Waals surface area contributed by atoms with Crippen LogP contribution in [0.4, 0.5) is 0 Å². The van der Waals surface area contributed by atoms with Crippen LogP contribution in [0, 0.1) is 17.3 Å². The summed E-state index contributed by atoms with van der Waals surface area (Å²) in [6, 6.07) is 8.89. The van der Waals surface area contributed by atoms with Gasteiger partial charge in [0.2, 0.25) is 0 Å². The average Bonchev–Trinajstić information content (AvgIpc) is 2.76. The maximum atomic E-state index is 10.9. The summed E-state index contributed by atoms with van der Waals surface area (Å²) in [5.74, 6) is 1.61. The fraction of sp³-hybridized carbons (Fsp3) is 0.684. The molecule has 2 atom stereocenters. The van der Waals surface area contributed by atoms with E-state index in [-0.39, 0.29) is 5.60 Å². The van der Waals surface area contributed by atoms with E-state index in [0.29, 0.717) is 5.41 Å². The van der Waals surface area contributed by atoms with Crippen LogP contribution in [-0.4, -0.2) is 22.2 Å². The van der Waals surface area contributed by atoms with Crippen molar-refractivity contribution in [3.8, 4) is 0 Å². The lowest BCUT2D eigenvalue weighted by atomic mass is 9.48. The second-order valence-electron chi connectivity index (χ2n) is 8.60. The molecule has 4 bridgehead atoms. The Morgan fingerprint density at radius 2 is 1.62 bits per heavy atom. The highest BCUT2D eigenvalue weighted by Gasteiger charge is 2.57. The van der Waals surface area contributed by atoms with Crippen molar-refractivity contribution in [1.82, 2.24) is 4.90 Å². The van der Waals surface area contributed by atoms with Crippen molar-refractivity contribution in [3.63, 3.8) is 0 Å². The second-order valence-corrected chi connectivity index (χ2v) is 8.60. The molecule has 112 valence electrons. The van der Waals surface area contributed by atoms with E-state index in [1.54, 1.807) is 0 Å². The van der Waals surface area contributed by atoms with E-state index in [4.69, 9.17) is 0 Å². The molecule has 6 rings (SSSR count). The molecule has 0 amide bonds. The minimum Gasteiger partial charge on any atom is -0.390 e. The molecule has 0 spiro atoms. The Morgan fingerprint density at radius 1 is 1.00 bits per heavy atom. The largest absolute Gasteiger partial charge is 0.390 e. The first kappa shape index (κ1) is 12.7. The lowest BCUT2D eigenvalue weighted by molar-refractivity contribution is -0.169. The van der Waals surface area contributed by atoms with Gasteiger partial charge in [0, 0.05) is 19.6 Å². The van der Waals surface area contributed by atoms with Crippen molar-refractivity contribution < 1.29 is 5.11 Å². The Bertz CT molecular complexity index is 542. The molecule has 1 aromatic rings. The van der Waals surface area contributed by atoms with Gasteiger partial charge in [-0.2, -0.15) is 0 Å². The third-order valence-electron chi connectivity index (χ3n) is 6.62. The van der Waals surface area contributed by atoms with Gasteiger partial charge in [-0.1, -0.05) is 24.3 Å². The molecule has 2 nitrogen and oxygen atoms in total. The molecule has 4 saturated carbocycles. The normalized spacial score (nSPS) is 44.2. The number of hydrogen-bond donors (Lipinski definition) is 1. The minimum atomic E-state index is -0.309. The fourth-order valence-corrected chi connectivity index (χ4v) is 6.58. The van der Waals surface area contributed by atoms with Crippen LogP contribution in [0.2, 0.25) is 0 Å². The molecule has 1 aromatic carbocycles. The van der Waals surface area contributed by atoms with Crippen LogP contribution < -0.4 is 0 Å². The van der Waals surface area contributed by atoms with Gasteiger partial charge in [-0.3, -0.25) is 4.90 Å². The number of hydrogen-bond acceptors (Lipinski definition) is 2. The summed E-state index contributed by atoms with van der Waals surface area (Å²) in [5.41, 5.74) is 3.14. The second kappa shape index (κ2) is 4.11. The van der Waals surface area contributed by atoms with Gasteiger partial charge < -0.3 is 5.11 Å². The van der Waals surface area contributed by atoms with E-state index in [1.165, 1.54) is 36.9 Å². The van der Waals surface area contributed by atoms with Gasteiger partial charge in [-0.15, -0.1) is 0 Å². The number of nitrogens with zero attached hydrogens (tertiary/aromatic N) is 1. The molecular formula is C19H25NO. The highest BCUT2D eigenvalue weighted by atomic mass is 16.3. The quantitative estimate of drug-likeness (QED) is 0.900. The molecule has 1 N–H and O–H groups in total. The highest BCUT2D eigenvalue weighted by Crippen LogP contribution is 2.61. The zero-order chi connectivity index (χ0) is 14.1. The summed E-state index contributed by atoms with van der Waals surface area (Å²) >= 11 is 0. The standard InChI is InChI=1S/C19H25NO/c21-19-8-14-5-15(9-19)7-18(6-14,12-19)13-20-10-16-3-1-2-4-17(16)11-20/h1-4,14-15,21H,5-13H2. The van der Waals surface area contributed by atoms with Crippen LogP contribution in [0.25, 0.3) is 0 Å². The lowest BCUT2D eigenvalue weighted by Gasteiger charge is -2.61. The van der Waals surface area contributed by atoms with Crippen LogP contribution in [0.3, 0.4) is 0 Å². The number of aliphatic hydroxyl groups is 1. The monoisotopic (exact) mass is 283 g/mol. The molecule has 2 heteroatoms. The van der Waals surface area contributed by atoms with Crippen LogP contribution in [0.5, 0.6) is 0 Å². The highest BCUT2D eigenvalue weighted by molar-refractivity contribution is 5.30. The summed E-state index contributed by atoms with van der Waals surface area (Å²) in [6.45, 7) is 3.44. The van der Waals surface area contributed by atoms with Gasteiger partial charge in [0.25, 0.3) is 0 Å². The van der Waals surface area contributed by atoms with E-state index < -0.39 is 0 Å².